The molecule has 0 saturated carbocycles. The Kier molecular flexibility index (Phi) is 3.66. The average molecular weight is 256 g/mol. The summed E-state index contributed by atoms with van der Waals surface area (Å²) in [6.07, 6.45) is 1.76. The highest BCUT2D eigenvalue weighted by atomic mass is 16.4. The Morgan fingerprint density at radius 1 is 1.32 bits per heavy atom. The lowest BCUT2D eigenvalue weighted by molar-refractivity contribution is 0.318. The Bertz CT molecular complexity index is 610. The van der Waals surface area contributed by atoms with Crippen molar-refractivity contribution in [3.8, 4) is 0 Å². The van der Waals surface area contributed by atoms with E-state index in [1.54, 1.807) is 12.3 Å². The van der Waals surface area contributed by atoms with Crippen molar-refractivity contribution in [2.45, 2.75) is 6.92 Å². The molecular weight excluding hydrogens is 240 g/mol. The van der Waals surface area contributed by atoms with Crippen LogP contribution in [0, 0.1) is 6.92 Å². The Hall–Kier alpha value is -2.56. The second kappa shape index (κ2) is 5.39. The molecule has 0 spiro atoms. The van der Waals surface area contributed by atoms with Gasteiger partial charge in [0.2, 0.25) is 0 Å². The lowest BCUT2D eigenvalue weighted by Crippen LogP contribution is -2.20. The first kappa shape index (κ1) is 12.9. The minimum Gasteiger partial charge on any atom is -0.409 e. The molecule has 3 N–H and O–H groups in total. The molecule has 0 amide bonds. The van der Waals surface area contributed by atoms with Gasteiger partial charge in [-0.3, -0.25) is 0 Å². The first-order valence-electron chi connectivity index (χ1n) is 5.87. The van der Waals surface area contributed by atoms with Gasteiger partial charge in [0.25, 0.3) is 0 Å². The van der Waals surface area contributed by atoms with E-state index in [9.17, 15) is 0 Å². The molecule has 5 heteroatoms. The van der Waals surface area contributed by atoms with Crippen LogP contribution in [0.5, 0.6) is 0 Å². The number of amidine groups is 1. The Morgan fingerprint density at radius 2 is 2.05 bits per heavy atom. The number of hydrogen-bond acceptors (Lipinski definition) is 4. The van der Waals surface area contributed by atoms with E-state index in [1.165, 1.54) is 0 Å². The molecule has 0 radical (unpaired) electrons. The van der Waals surface area contributed by atoms with Crippen LogP contribution in [-0.4, -0.2) is 23.1 Å². The van der Waals surface area contributed by atoms with E-state index in [-0.39, 0.29) is 5.84 Å². The van der Waals surface area contributed by atoms with E-state index in [0.717, 1.165) is 17.1 Å². The number of anilines is 2. The maximum absolute atomic E-state index is 8.84. The van der Waals surface area contributed by atoms with Gasteiger partial charge < -0.3 is 15.8 Å². The lowest BCUT2D eigenvalue weighted by atomic mass is 10.1. The molecule has 1 aromatic carbocycles. The molecule has 1 heterocycles. The normalized spacial score (nSPS) is 11.4. The van der Waals surface area contributed by atoms with Gasteiger partial charge in [0.15, 0.2) is 5.84 Å². The van der Waals surface area contributed by atoms with E-state index in [0.29, 0.717) is 5.56 Å². The molecule has 0 bridgehead atoms. The van der Waals surface area contributed by atoms with Gasteiger partial charge >= 0.3 is 0 Å². The standard InChI is InChI=1S/C14H16N4O/c1-10-7-8-16-13(9-10)18(2)12-6-4-3-5-11(12)14(15)17-19/h3-9,19H,1-2H3,(H2,15,17). The highest BCUT2D eigenvalue weighted by molar-refractivity contribution is 6.02. The van der Waals surface area contributed by atoms with Crippen molar-refractivity contribution in [3.63, 3.8) is 0 Å². The van der Waals surface area contributed by atoms with Crippen LogP contribution in [0.4, 0.5) is 11.5 Å². The molecule has 0 aliphatic carbocycles. The van der Waals surface area contributed by atoms with Crippen molar-refractivity contribution in [3.05, 3.63) is 53.7 Å². The van der Waals surface area contributed by atoms with Crippen molar-refractivity contribution in [1.82, 2.24) is 4.98 Å². The molecule has 0 saturated heterocycles. The highest BCUT2D eigenvalue weighted by Crippen LogP contribution is 2.25. The molecule has 19 heavy (non-hydrogen) atoms. The third-order valence-corrected chi connectivity index (χ3v) is 2.89. The third-order valence-electron chi connectivity index (χ3n) is 2.89. The van der Waals surface area contributed by atoms with Crippen LogP contribution in [0.1, 0.15) is 11.1 Å². The van der Waals surface area contributed by atoms with Crippen molar-refractivity contribution in [2.75, 3.05) is 11.9 Å². The van der Waals surface area contributed by atoms with E-state index in [2.05, 4.69) is 10.1 Å². The molecule has 2 aromatic rings. The van der Waals surface area contributed by atoms with Crippen molar-refractivity contribution >= 4 is 17.3 Å². The molecule has 0 aliphatic heterocycles. The lowest BCUT2D eigenvalue weighted by Gasteiger charge is -2.21. The van der Waals surface area contributed by atoms with Gasteiger partial charge in [0.1, 0.15) is 5.82 Å². The molecule has 0 aliphatic rings. The zero-order valence-corrected chi connectivity index (χ0v) is 10.9. The van der Waals surface area contributed by atoms with Crippen LogP contribution in [0.3, 0.4) is 0 Å². The predicted molar refractivity (Wildman–Crippen MR) is 76.0 cm³/mol. The van der Waals surface area contributed by atoms with E-state index in [4.69, 9.17) is 10.9 Å². The first-order valence-corrected chi connectivity index (χ1v) is 5.87. The van der Waals surface area contributed by atoms with E-state index in [1.807, 2.05) is 49.2 Å². The highest BCUT2D eigenvalue weighted by Gasteiger charge is 2.12. The third kappa shape index (κ3) is 2.65. The number of rotatable bonds is 3. The number of para-hydroxylation sites is 1. The molecule has 0 unspecified atom stereocenters. The molecule has 98 valence electrons. The zero-order chi connectivity index (χ0) is 13.8. The first-order chi connectivity index (χ1) is 9.13. The summed E-state index contributed by atoms with van der Waals surface area (Å²) in [5.41, 5.74) is 8.31. The SMILES string of the molecule is Cc1ccnc(N(C)c2ccccc2C(N)=NO)c1. The molecule has 2 rings (SSSR count). The quantitative estimate of drug-likeness (QED) is 0.382. The number of nitrogens with two attached hydrogens (primary N) is 1. The van der Waals surface area contributed by atoms with Crippen LogP contribution in [-0.2, 0) is 0 Å². The van der Waals surface area contributed by atoms with Gasteiger partial charge in [-0.2, -0.15) is 0 Å². The van der Waals surface area contributed by atoms with Gasteiger partial charge in [0, 0.05) is 18.8 Å². The monoisotopic (exact) mass is 256 g/mol. The second-order valence-corrected chi connectivity index (χ2v) is 4.25. The number of pyridine rings is 1. The number of benzene rings is 1. The van der Waals surface area contributed by atoms with E-state index < -0.39 is 0 Å². The van der Waals surface area contributed by atoms with Crippen LogP contribution in [0.15, 0.2) is 47.8 Å². The van der Waals surface area contributed by atoms with Gasteiger partial charge in [-0.15, -0.1) is 0 Å². The summed E-state index contributed by atoms with van der Waals surface area (Å²) in [7, 11) is 1.89. The van der Waals surface area contributed by atoms with Crippen LogP contribution >= 0.6 is 0 Å². The summed E-state index contributed by atoms with van der Waals surface area (Å²) >= 11 is 0. The Morgan fingerprint density at radius 3 is 2.74 bits per heavy atom. The van der Waals surface area contributed by atoms with Crippen molar-refractivity contribution in [1.29, 1.82) is 0 Å². The molecule has 5 nitrogen and oxygen atoms in total. The van der Waals surface area contributed by atoms with Gasteiger partial charge in [0.05, 0.1) is 5.69 Å². The minimum atomic E-state index is 0.0788. The second-order valence-electron chi connectivity index (χ2n) is 4.25. The molecule has 0 fully saturated rings. The van der Waals surface area contributed by atoms with Gasteiger partial charge in [-0.1, -0.05) is 17.3 Å². The fourth-order valence-corrected chi connectivity index (χ4v) is 1.86. The van der Waals surface area contributed by atoms with Gasteiger partial charge in [-0.25, -0.2) is 4.98 Å². The van der Waals surface area contributed by atoms with Crippen LogP contribution < -0.4 is 10.6 Å². The van der Waals surface area contributed by atoms with Crippen LogP contribution in [0.2, 0.25) is 0 Å². The average Bonchev–Trinajstić information content (AvgIpc) is 2.45. The van der Waals surface area contributed by atoms with Gasteiger partial charge in [-0.05, 0) is 36.8 Å². The number of nitrogens with zero attached hydrogens (tertiary/aromatic N) is 3. The fraction of sp³-hybridized carbons (Fsp3) is 0.143. The molecule has 0 atom stereocenters. The summed E-state index contributed by atoms with van der Waals surface area (Å²) in [5.74, 6) is 0.883. The predicted octanol–water partition coefficient (Wildman–Crippen LogP) is 2.25. The summed E-state index contributed by atoms with van der Waals surface area (Å²) in [4.78, 5) is 6.23. The Labute approximate surface area is 112 Å². The largest absolute Gasteiger partial charge is 0.409 e. The van der Waals surface area contributed by atoms with Crippen LogP contribution in [0.25, 0.3) is 0 Å². The number of aryl methyl sites for hydroxylation is 1. The maximum atomic E-state index is 8.84. The fourth-order valence-electron chi connectivity index (χ4n) is 1.86. The smallest absolute Gasteiger partial charge is 0.172 e. The number of hydrogen-bond donors (Lipinski definition) is 2. The summed E-state index contributed by atoms with van der Waals surface area (Å²) < 4.78 is 0. The summed E-state index contributed by atoms with van der Waals surface area (Å²) in [5, 5.41) is 11.9. The van der Waals surface area contributed by atoms with Crippen molar-refractivity contribution in [2.24, 2.45) is 10.9 Å². The topological polar surface area (TPSA) is 74.7 Å². The molecule has 1 aromatic heterocycles. The zero-order valence-electron chi connectivity index (χ0n) is 10.9. The Balaban J connectivity index is 2.47. The number of oxime groups is 1. The summed E-state index contributed by atoms with van der Waals surface area (Å²) in [6, 6.07) is 11.4. The maximum Gasteiger partial charge on any atom is 0.172 e. The van der Waals surface area contributed by atoms with Crippen molar-refractivity contribution < 1.29 is 5.21 Å². The minimum absolute atomic E-state index is 0.0788. The number of aromatic nitrogens is 1. The summed E-state index contributed by atoms with van der Waals surface area (Å²) in [6.45, 7) is 2.01. The molecular formula is C14H16N4O. The van der Waals surface area contributed by atoms with E-state index >= 15 is 0 Å².